The fraction of sp³-hybridized carbons (Fsp3) is 0.280. The van der Waals surface area contributed by atoms with Gasteiger partial charge in [-0.3, -0.25) is 13.9 Å². The predicted molar refractivity (Wildman–Crippen MR) is 125 cm³/mol. The van der Waals surface area contributed by atoms with Gasteiger partial charge in [0.1, 0.15) is 23.0 Å². The van der Waals surface area contributed by atoms with E-state index in [-0.39, 0.29) is 11.6 Å². The van der Waals surface area contributed by atoms with E-state index in [1.54, 1.807) is 13.4 Å². The zero-order chi connectivity index (χ0) is 21.7. The van der Waals surface area contributed by atoms with Crippen molar-refractivity contribution in [1.29, 1.82) is 0 Å². The minimum atomic E-state index is -0.0434. The number of benzene rings is 2. The molecule has 7 nitrogen and oxygen atoms in total. The van der Waals surface area contributed by atoms with E-state index in [0.29, 0.717) is 22.2 Å². The van der Waals surface area contributed by atoms with E-state index in [2.05, 4.69) is 0 Å². The highest BCUT2D eigenvalue weighted by Gasteiger charge is 2.24. The number of fused-ring (bicyclic) bond motifs is 4. The van der Waals surface area contributed by atoms with E-state index in [9.17, 15) is 4.79 Å². The quantitative estimate of drug-likeness (QED) is 0.415. The Labute approximate surface area is 184 Å². The molecular formula is C25H23N5O2. The first-order chi connectivity index (χ1) is 15.7. The van der Waals surface area contributed by atoms with Crippen molar-refractivity contribution in [3.63, 3.8) is 0 Å². The first-order valence-electron chi connectivity index (χ1n) is 11.1. The van der Waals surface area contributed by atoms with Crippen LogP contribution in [0.4, 0.5) is 0 Å². The summed E-state index contributed by atoms with van der Waals surface area (Å²) in [6, 6.07) is 15.6. The molecule has 1 aliphatic carbocycles. The molecule has 0 unspecified atom stereocenters. The number of methoxy groups -OCH3 is 1. The van der Waals surface area contributed by atoms with Gasteiger partial charge in [0.2, 0.25) is 0 Å². The van der Waals surface area contributed by atoms with Crippen LogP contribution in [0.25, 0.3) is 38.9 Å². The summed E-state index contributed by atoms with van der Waals surface area (Å²) in [5.74, 6) is 0.724. The lowest BCUT2D eigenvalue weighted by molar-refractivity contribution is 0.345. The third kappa shape index (κ3) is 2.88. The highest BCUT2D eigenvalue weighted by Crippen LogP contribution is 2.31. The van der Waals surface area contributed by atoms with E-state index >= 15 is 0 Å². The molecule has 1 saturated carbocycles. The van der Waals surface area contributed by atoms with E-state index in [0.717, 1.165) is 48.2 Å². The molecule has 3 aromatic heterocycles. The van der Waals surface area contributed by atoms with Crippen LogP contribution < -0.4 is 10.3 Å². The summed E-state index contributed by atoms with van der Waals surface area (Å²) in [5, 5.41) is 0.522. The Kier molecular flexibility index (Phi) is 4.41. The number of hydrogen-bond acceptors (Lipinski definition) is 5. The molecule has 3 heterocycles. The molecular weight excluding hydrogens is 402 g/mol. The zero-order valence-electron chi connectivity index (χ0n) is 17.9. The zero-order valence-corrected chi connectivity index (χ0v) is 17.9. The third-order valence-corrected chi connectivity index (χ3v) is 6.47. The minimum Gasteiger partial charge on any atom is -0.497 e. The molecule has 0 N–H and O–H groups in total. The second-order valence-corrected chi connectivity index (χ2v) is 8.37. The van der Waals surface area contributed by atoms with Crippen LogP contribution in [-0.4, -0.2) is 31.2 Å². The van der Waals surface area contributed by atoms with Crippen LogP contribution >= 0.6 is 0 Å². The van der Waals surface area contributed by atoms with E-state index in [1.165, 1.54) is 6.42 Å². The second-order valence-electron chi connectivity index (χ2n) is 8.37. The molecule has 0 radical (unpaired) electrons. The van der Waals surface area contributed by atoms with Gasteiger partial charge in [-0.1, -0.05) is 37.5 Å². The van der Waals surface area contributed by atoms with Crippen molar-refractivity contribution in [1.82, 2.24) is 24.1 Å². The third-order valence-electron chi connectivity index (χ3n) is 6.47. The maximum atomic E-state index is 13.8. The number of para-hydroxylation sites is 2. The Bertz CT molecular complexity index is 1530. The van der Waals surface area contributed by atoms with E-state index < -0.39 is 0 Å². The normalized spacial score (nSPS) is 15.0. The lowest BCUT2D eigenvalue weighted by Gasteiger charge is -2.23. The van der Waals surface area contributed by atoms with Gasteiger partial charge >= 0.3 is 0 Å². The first-order valence-corrected chi connectivity index (χ1v) is 11.1. The van der Waals surface area contributed by atoms with Crippen molar-refractivity contribution in [3.8, 4) is 11.4 Å². The van der Waals surface area contributed by atoms with Gasteiger partial charge in [0.15, 0.2) is 11.3 Å². The molecule has 6 rings (SSSR count). The van der Waals surface area contributed by atoms with Crippen LogP contribution in [0.2, 0.25) is 0 Å². The predicted octanol–water partition coefficient (Wildman–Crippen LogP) is 4.80. The van der Waals surface area contributed by atoms with Crippen LogP contribution in [0, 0.1) is 0 Å². The van der Waals surface area contributed by atoms with Gasteiger partial charge in [-0.25, -0.2) is 15.0 Å². The summed E-state index contributed by atoms with van der Waals surface area (Å²) in [5.41, 5.74) is 4.11. The standard InChI is InChI=1S/C25H23N5O2/c1-32-18-11-7-10-17(14-18)30-23-21(22-24(30)28-20-13-6-5-12-19(20)27-22)25(31)29(15-26-23)16-8-3-2-4-9-16/h5-7,10-16H,2-4,8-9H2,1H3. The summed E-state index contributed by atoms with van der Waals surface area (Å²) < 4.78 is 9.16. The fourth-order valence-corrected chi connectivity index (χ4v) is 4.86. The molecule has 0 atom stereocenters. The Morgan fingerprint density at radius 1 is 0.938 bits per heavy atom. The summed E-state index contributed by atoms with van der Waals surface area (Å²) >= 11 is 0. The molecule has 0 amide bonds. The van der Waals surface area contributed by atoms with Crippen molar-refractivity contribution in [2.75, 3.05) is 7.11 Å². The molecule has 0 saturated heterocycles. The van der Waals surface area contributed by atoms with Gasteiger partial charge < -0.3 is 4.74 Å². The molecule has 160 valence electrons. The lowest BCUT2D eigenvalue weighted by Crippen LogP contribution is -2.26. The van der Waals surface area contributed by atoms with Crippen LogP contribution in [0.1, 0.15) is 38.1 Å². The molecule has 0 bridgehead atoms. The Balaban J connectivity index is 1.72. The van der Waals surface area contributed by atoms with Crippen molar-refractivity contribution < 1.29 is 4.74 Å². The van der Waals surface area contributed by atoms with Crippen molar-refractivity contribution in [2.45, 2.75) is 38.1 Å². The monoisotopic (exact) mass is 425 g/mol. The van der Waals surface area contributed by atoms with Crippen molar-refractivity contribution in [3.05, 3.63) is 65.2 Å². The molecule has 32 heavy (non-hydrogen) atoms. The molecule has 1 aliphatic rings. The van der Waals surface area contributed by atoms with Crippen LogP contribution in [0.5, 0.6) is 5.75 Å². The summed E-state index contributed by atoms with van der Waals surface area (Å²) in [6.07, 6.45) is 7.24. The number of aromatic nitrogens is 5. The summed E-state index contributed by atoms with van der Waals surface area (Å²) in [6.45, 7) is 0. The fourth-order valence-electron chi connectivity index (χ4n) is 4.86. The highest BCUT2D eigenvalue weighted by atomic mass is 16.5. The van der Waals surface area contributed by atoms with E-state index in [1.807, 2.05) is 57.7 Å². The molecule has 0 aliphatic heterocycles. The number of rotatable bonds is 3. The van der Waals surface area contributed by atoms with Crippen LogP contribution in [0.15, 0.2) is 59.7 Å². The summed E-state index contributed by atoms with van der Waals surface area (Å²) in [7, 11) is 1.64. The molecule has 2 aromatic carbocycles. The smallest absolute Gasteiger partial charge is 0.265 e. The van der Waals surface area contributed by atoms with E-state index in [4.69, 9.17) is 19.7 Å². The van der Waals surface area contributed by atoms with Gasteiger partial charge in [0.05, 0.1) is 23.8 Å². The summed E-state index contributed by atoms with van der Waals surface area (Å²) in [4.78, 5) is 28.3. The minimum absolute atomic E-state index is 0.0434. The number of nitrogens with zero attached hydrogens (tertiary/aromatic N) is 5. The molecule has 1 fully saturated rings. The van der Waals surface area contributed by atoms with Gasteiger partial charge in [0, 0.05) is 12.1 Å². The largest absolute Gasteiger partial charge is 0.497 e. The maximum Gasteiger partial charge on any atom is 0.265 e. The second kappa shape index (κ2) is 7.44. The van der Waals surface area contributed by atoms with Crippen LogP contribution in [-0.2, 0) is 0 Å². The first kappa shape index (κ1) is 19.0. The van der Waals surface area contributed by atoms with Gasteiger partial charge in [-0.15, -0.1) is 0 Å². The lowest BCUT2D eigenvalue weighted by atomic mass is 9.95. The van der Waals surface area contributed by atoms with Crippen molar-refractivity contribution in [2.24, 2.45) is 0 Å². The topological polar surface area (TPSA) is 74.8 Å². The Hall–Kier alpha value is -3.74. The number of hydrogen-bond donors (Lipinski definition) is 0. The maximum absolute atomic E-state index is 13.8. The van der Waals surface area contributed by atoms with Gasteiger partial charge in [-0.2, -0.15) is 0 Å². The SMILES string of the molecule is COc1cccc(-n2c3nc4ccccc4nc3c3c(=O)n(C4CCCCC4)cnc32)c1. The highest BCUT2D eigenvalue weighted by molar-refractivity contribution is 6.05. The molecule has 0 spiro atoms. The molecule has 7 heteroatoms. The average Bonchev–Trinajstić information content (AvgIpc) is 3.17. The van der Waals surface area contributed by atoms with Gasteiger partial charge in [0.25, 0.3) is 5.56 Å². The average molecular weight is 425 g/mol. The Morgan fingerprint density at radius 2 is 1.72 bits per heavy atom. The van der Waals surface area contributed by atoms with Gasteiger partial charge in [-0.05, 0) is 37.1 Å². The molecule has 5 aromatic rings. The number of ether oxygens (including phenoxy) is 1. The van der Waals surface area contributed by atoms with Crippen molar-refractivity contribution >= 4 is 33.2 Å². The van der Waals surface area contributed by atoms with Crippen LogP contribution in [0.3, 0.4) is 0 Å². The Morgan fingerprint density at radius 3 is 2.50 bits per heavy atom.